The molecule has 23 heavy (non-hydrogen) atoms. The van der Waals surface area contributed by atoms with Crippen molar-refractivity contribution in [2.24, 2.45) is 0 Å². The van der Waals surface area contributed by atoms with Gasteiger partial charge in [-0.25, -0.2) is 4.68 Å². The molecule has 6 nitrogen and oxygen atoms in total. The standard InChI is InChI=1S/C17H17N3O3/c1-22-13-9-7-12(8-10-13)16(11-17(21)23-2)20-15-6-4-3-5-14(15)18-19-20/h3-10,16H,11H2,1-2H3. The van der Waals surface area contributed by atoms with Crippen LogP contribution in [0.2, 0.25) is 0 Å². The van der Waals surface area contributed by atoms with Crippen molar-refractivity contribution in [3.05, 3.63) is 54.1 Å². The average molecular weight is 311 g/mol. The first-order valence-corrected chi connectivity index (χ1v) is 7.23. The third-order valence-corrected chi connectivity index (χ3v) is 3.76. The number of rotatable bonds is 5. The summed E-state index contributed by atoms with van der Waals surface area (Å²) in [7, 11) is 3.00. The van der Waals surface area contributed by atoms with Crippen LogP contribution in [-0.4, -0.2) is 35.2 Å². The summed E-state index contributed by atoms with van der Waals surface area (Å²) >= 11 is 0. The van der Waals surface area contributed by atoms with Gasteiger partial charge in [0.05, 0.1) is 32.2 Å². The minimum atomic E-state index is -0.301. The molecule has 2 aromatic carbocycles. The topological polar surface area (TPSA) is 66.2 Å². The predicted octanol–water partition coefficient (Wildman–Crippen LogP) is 2.59. The lowest BCUT2D eigenvalue weighted by Gasteiger charge is -2.17. The lowest BCUT2D eigenvalue weighted by molar-refractivity contribution is -0.141. The van der Waals surface area contributed by atoms with E-state index in [0.717, 1.165) is 22.3 Å². The Kier molecular flexibility index (Phi) is 4.23. The second kappa shape index (κ2) is 6.48. The molecule has 1 heterocycles. The average Bonchev–Trinajstić information content (AvgIpc) is 3.03. The number of ether oxygens (including phenoxy) is 2. The third kappa shape index (κ3) is 3.01. The van der Waals surface area contributed by atoms with Crippen molar-refractivity contribution >= 4 is 17.0 Å². The molecular formula is C17H17N3O3. The van der Waals surface area contributed by atoms with Gasteiger partial charge in [0.15, 0.2) is 0 Å². The largest absolute Gasteiger partial charge is 0.497 e. The van der Waals surface area contributed by atoms with E-state index in [-0.39, 0.29) is 18.4 Å². The molecule has 6 heteroatoms. The Hall–Kier alpha value is -2.89. The molecule has 0 amide bonds. The summed E-state index contributed by atoms with van der Waals surface area (Å²) in [4.78, 5) is 11.8. The number of para-hydroxylation sites is 1. The van der Waals surface area contributed by atoms with E-state index in [1.165, 1.54) is 7.11 Å². The molecule has 3 rings (SSSR count). The van der Waals surface area contributed by atoms with Gasteiger partial charge in [0.1, 0.15) is 11.3 Å². The molecule has 0 saturated carbocycles. The highest BCUT2D eigenvalue weighted by atomic mass is 16.5. The second-order valence-corrected chi connectivity index (χ2v) is 5.09. The second-order valence-electron chi connectivity index (χ2n) is 5.09. The fourth-order valence-corrected chi connectivity index (χ4v) is 2.53. The van der Waals surface area contributed by atoms with Crippen molar-refractivity contribution in [3.8, 4) is 5.75 Å². The molecule has 118 valence electrons. The van der Waals surface area contributed by atoms with Crippen LogP contribution in [0.4, 0.5) is 0 Å². The maximum absolute atomic E-state index is 11.8. The van der Waals surface area contributed by atoms with E-state index in [4.69, 9.17) is 9.47 Å². The van der Waals surface area contributed by atoms with Gasteiger partial charge in [0.25, 0.3) is 0 Å². The number of aromatic nitrogens is 3. The number of fused-ring (bicyclic) bond motifs is 1. The van der Waals surface area contributed by atoms with Crippen LogP contribution in [0.5, 0.6) is 5.75 Å². The van der Waals surface area contributed by atoms with Crippen LogP contribution >= 0.6 is 0 Å². The van der Waals surface area contributed by atoms with Crippen LogP contribution in [0.1, 0.15) is 18.0 Å². The van der Waals surface area contributed by atoms with Crippen molar-refractivity contribution in [3.63, 3.8) is 0 Å². The van der Waals surface area contributed by atoms with Gasteiger partial charge in [-0.1, -0.05) is 29.5 Å². The molecule has 0 aliphatic carbocycles. The number of hydrogen-bond acceptors (Lipinski definition) is 5. The van der Waals surface area contributed by atoms with Gasteiger partial charge < -0.3 is 9.47 Å². The molecule has 0 radical (unpaired) electrons. The number of hydrogen-bond donors (Lipinski definition) is 0. The Morgan fingerprint density at radius 2 is 1.87 bits per heavy atom. The molecule has 0 bridgehead atoms. The van der Waals surface area contributed by atoms with Gasteiger partial charge in [-0.3, -0.25) is 4.79 Å². The van der Waals surface area contributed by atoms with Crippen LogP contribution in [0, 0.1) is 0 Å². The van der Waals surface area contributed by atoms with Crippen molar-refractivity contribution < 1.29 is 14.3 Å². The zero-order valence-corrected chi connectivity index (χ0v) is 13.0. The molecular weight excluding hydrogens is 294 g/mol. The van der Waals surface area contributed by atoms with Crippen LogP contribution in [0.25, 0.3) is 11.0 Å². The van der Waals surface area contributed by atoms with E-state index < -0.39 is 0 Å². The van der Waals surface area contributed by atoms with Crippen molar-refractivity contribution in [2.75, 3.05) is 14.2 Å². The maximum Gasteiger partial charge on any atom is 0.308 e. The number of carbonyl (C=O) groups is 1. The SMILES string of the molecule is COC(=O)CC(c1ccc(OC)cc1)n1nnc2ccccc21. The van der Waals surface area contributed by atoms with Crippen LogP contribution in [-0.2, 0) is 9.53 Å². The predicted molar refractivity (Wildman–Crippen MR) is 85.3 cm³/mol. The summed E-state index contributed by atoms with van der Waals surface area (Å²) in [5, 5.41) is 8.40. The van der Waals surface area contributed by atoms with Gasteiger partial charge in [-0.2, -0.15) is 0 Å². The Morgan fingerprint density at radius 1 is 1.13 bits per heavy atom. The molecule has 0 spiro atoms. The van der Waals surface area contributed by atoms with E-state index in [9.17, 15) is 4.79 Å². The highest BCUT2D eigenvalue weighted by Crippen LogP contribution is 2.27. The number of methoxy groups -OCH3 is 2. The van der Waals surface area contributed by atoms with E-state index in [0.29, 0.717) is 0 Å². The first kappa shape index (κ1) is 15.0. The quantitative estimate of drug-likeness (QED) is 0.678. The lowest BCUT2D eigenvalue weighted by atomic mass is 10.0. The smallest absolute Gasteiger partial charge is 0.308 e. The lowest BCUT2D eigenvalue weighted by Crippen LogP contribution is -2.17. The minimum absolute atomic E-state index is 0.177. The Labute approximate surface area is 133 Å². The van der Waals surface area contributed by atoms with Crippen LogP contribution < -0.4 is 4.74 Å². The van der Waals surface area contributed by atoms with E-state index in [1.54, 1.807) is 11.8 Å². The van der Waals surface area contributed by atoms with Gasteiger partial charge in [-0.15, -0.1) is 5.10 Å². The fourth-order valence-electron chi connectivity index (χ4n) is 2.53. The van der Waals surface area contributed by atoms with E-state index in [2.05, 4.69) is 10.3 Å². The first-order valence-electron chi connectivity index (χ1n) is 7.23. The number of benzene rings is 2. The molecule has 0 saturated heterocycles. The number of carbonyl (C=O) groups excluding carboxylic acids is 1. The number of esters is 1. The highest BCUT2D eigenvalue weighted by Gasteiger charge is 2.21. The molecule has 0 N–H and O–H groups in total. The molecule has 0 aliphatic heterocycles. The van der Waals surface area contributed by atoms with Gasteiger partial charge >= 0.3 is 5.97 Å². The Balaban J connectivity index is 2.05. The Bertz CT molecular complexity index is 811. The van der Waals surface area contributed by atoms with Crippen molar-refractivity contribution in [2.45, 2.75) is 12.5 Å². The van der Waals surface area contributed by atoms with E-state index in [1.807, 2.05) is 48.5 Å². The van der Waals surface area contributed by atoms with Gasteiger partial charge in [-0.05, 0) is 29.8 Å². The summed E-state index contributed by atoms with van der Waals surface area (Å²) in [6.45, 7) is 0. The van der Waals surface area contributed by atoms with Crippen LogP contribution in [0.15, 0.2) is 48.5 Å². The molecule has 1 aromatic heterocycles. The molecule has 3 aromatic rings. The van der Waals surface area contributed by atoms with E-state index >= 15 is 0 Å². The normalized spacial score (nSPS) is 12.1. The summed E-state index contributed by atoms with van der Waals surface area (Å²) in [6, 6.07) is 14.9. The summed E-state index contributed by atoms with van der Waals surface area (Å²) in [6.07, 6.45) is 0.177. The monoisotopic (exact) mass is 311 g/mol. The maximum atomic E-state index is 11.8. The van der Waals surface area contributed by atoms with Crippen molar-refractivity contribution in [1.29, 1.82) is 0 Å². The van der Waals surface area contributed by atoms with Crippen LogP contribution in [0.3, 0.4) is 0 Å². The first-order chi connectivity index (χ1) is 11.2. The molecule has 0 fully saturated rings. The minimum Gasteiger partial charge on any atom is -0.497 e. The Morgan fingerprint density at radius 3 is 2.57 bits per heavy atom. The zero-order valence-electron chi connectivity index (χ0n) is 13.0. The third-order valence-electron chi connectivity index (χ3n) is 3.76. The highest BCUT2D eigenvalue weighted by molar-refractivity contribution is 5.75. The van der Waals surface area contributed by atoms with Crippen molar-refractivity contribution in [1.82, 2.24) is 15.0 Å². The fraction of sp³-hybridized carbons (Fsp3) is 0.235. The molecule has 1 atom stereocenters. The van der Waals surface area contributed by atoms with Gasteiger partial charge in [0, 0.05) is 0 Å². The number of nitrogens with zero attached hydrogens (tertiary/aromatic N) is 3. The summed E-state index contributed by atoms with van der Waals surface area (Å²) in [5.74, 6) is 0.458. The summed E-state index contributed by atoms with van der Waals surface area (Å²) < 4.78 is 11.8. The van der Waals surface area contributed by atoms with Gasteiger partial charge in [0.2, 0.25) is 0 Å². The zero-order chi connectivity index (χ0) is 16.2. The molecule has 1 unspecified atom stereocenters. The summed E-state index contributed by atoms with van der Waals surface area (Å²) in [5.41, 5.74) is 2.60. The molecule has 0 aliphatic rings.